The van der Waals surface area contributed by atoms with Gasteiger partial charge >= 0.3 is 0 Å². The number of hydrogen-bond donors (Lipinski definition) is 1. The lowest BCUT2D eigenvalue weighted by atomic mass is 9.98. The molecule has 0 saturated carbocycles. The summed E-state index contributed by atoms with van der Waals surface area (Å²) in [6, 6.07) is 20.5. The van der Waals surface area contributed by atoms with E-state index in [9.17, 15) is 10.4 Å². The molecule has 0 bridgehead atoms. The van der Waals surface area contributed by atoms with E-state index in [-0.39, 0.29) is 11.6 Å². The summed E-state index contributed by atoms with van der Waals surface area (Å²) in [6.45, 7) is 0. The average Bonchev–Trinajstić information content (AvgIpc) is 3.24. The molecule has 1 N–H and O–H groups in total. The maximum absolute atomic E-state index is 10.0. The first-order valence-electron chi connectivity index (χ1n) is 10.0. The van der Waals surface area contributed by atoms with Crippen molar-refractivity contribution in [2.24, 2.45) is 4.99 Å². The average molecular weight is 582 g/mol. The SMILES string of the molecule is COc1ccc(-c2oc(/N=C/c3cc(Br)c(O)c(Br)c3)c(C#N)c2-c2ccc(OC)cc2)cc1. The summed E-state index contributed by atoms with van der Waals surface area (Å²) < 4.78 is 17.7. The predicted octanol–water partition coefficient (Wildman–Crippen LogP) is 7.48. The summed E-state index contributed by atoms with van der Waals surface area (Å²) >= 11 is 6.63. The zero-order valence-corrected chi connectivity index (χ0v) is 21.3. The Labute approximate surface area is 213 Å². The fourth-order valence-corrected chi connectivity index (χ4v) is 4.61. The number of halogens is 2. The van der Waals surface area contributed by atoms with Crippen LogP contribution in [0, 0.1) is 11.3 Å². The molecule has 0 spiro atoms. The van der Waals surface area contributed by atoms with Gasteiger partial charge in [0.15, 0.2) is 0 Å². The Morgan fingerprint density at radius 1 is 0.912 bits per heavy atom. The van der Waals surface area contributed by atoms with Crippen LogP contribution in [-0.4, -0.2) is 25.5 Å². The van der Waals surface area contributed by atoms with Crippen LogP contribution >= 0.6 is 31.9 Å². The molecule has 0 atom stereocenters. The van der Waals surface area contributed by atoms with Crippen molar-refractivity contribution in [3.05, 3.63) is 80.7 Å². The summed E-state index contributed by atoms with van der Waals surface area (Å²) in [4.78, 5) is 4.47. The molecule has 4 aromatic rings. The van der Waals surface area contributed by atoms with Crippen LogP contribution in [0.5, 0.6) is 17.2 Å². The maximum atomic E-state index is 10.0. The molecule has 0 aliphatic carbocycles. The Hall–Kier alpha value is -3.54. The molecule has 0 unspecified atom stereocenters. The molecule has 6 nitrogen and oxygen atoms in total. The van der Waals surface area contributed by atoms with Gasteiger partial charge in [0.2, 0.25) is 5.88 Å². The number of nitrogens with zero attached hydrogens (tertiary/aromatic N) is 2. The van der Waals surface area contributed by atoms with Crippen molar-refractivity contribution < 1.29 is 19.0 Å². The molecule has 1 aromatic heterocycles. The third-order valence-electron chi connectivity index (χ3n) is 5.10. The molecule has 0 aliphatic heterocycles. The lowest BCUT2D eigenvalue weighted by Crippen LogP contribution is -1.87. The molecule has 0 saturated heterocycles. The number of phenolic OH excluding ortho intramolecular Hbond substituents is 1. The first kappa shape index (κ1) is 23.6. The Bertz CT molecular complexity index is 1380. The quantitative estimate of drug-likeness (QED) is 0.238. The molecular weight excluding hydrogens is 564 g/mol. The lowest BCUT2D eigenvalue weighted by molar-refractivity contribution is 0.414. The highest BCUT2D eigenvalue weighted by atomic mass is 79.9. The Balaban J connectivity index is 1.87. The summed E-state index contributed by atoms with van der Waals surface area (Å²) in [7, 11) is 3.20. The number of phenols is 1. The maximum Gasteiger partial charge on any atom is 0.238 e. The number of benzene rings is 3. The zero-order valence-electron chi connectivity index (χ0n) is 18.2. The van der Waals surface area contributed by atoms with Crippen LogP contribution < -0.4 is 9.47 Å². The van der Waals surface area contributed by atoms with E-state index in [4.69, 9.17) is 13.9 Å². The second-order valence-corrected chi connectivity index (χ2v) is 8.86. The van der Waals surface area contributed by atoms with E-state index in [1.54, 1.807) is 32.6 Å². The predicted molar refractivity (Wildman–Crippen MR) is 138 cm³/mol. The first-order chi connectivity index (χ1) is 16.4. The van der Waals surface area contributed by atoms with Crippen molar-refractivity contribution in [1.82, 2.24) is 0 Å². The van der Waals surface area contributed by atoms with E-state index in [0.29, 0.717) is 42.9 Å². The molecule has 0 amide bonds. The summed E-state index contributed by atoms with van der Waals surface area (Å²) in [5.41, 5.74) is 3.22. The fraction of sp³-hybridized carbons (Fsp3) is 0.0769. The molecule has 1 heterocycles. The number of rotatable bonds is 6. The van der Waals surface area contributed by atoms with Crippen molar-refractivity contribution in [2.45, 2.75) is 0 Å². The first-order valence-corrected chi connectivity index (χ1v) is 11.6. The lowest BCUT2D eigenvalue weighted by Gasteiger charge is -2.06. The highest BCUT2D eigenvalue weighted by Gasteiger charge is 2.23. The minimum atomic E-state index is 0.0939. The van der Waals surface area contributed by atoms with Gasteiger partial charge in [-0.3, -0.25) is 0 Å². The number of aromatic hydroxyl groups is 1. The van der Waals surface area contributed by atoms with Crippen LogP contribution in [0.2, 0.25) is 0 Å². The minimum Gasteiger partial charge on any atom is -0.506 e. The van der Waals surface area contributed by atoms with Gasteiger partial charge in [-0.05, 0) is 91.5 Å². The molecule has 3 aromatic carbocycles. The largest absolute Gasteiger partial charge is 0.506 e. The molecule has 0 radical (unpaired) electrons. The Morgan fingerprint density at radius 2 is 1.44 bits per heavy atom. The summed E-state index contributed by atoms with van der Waals surface area (Å²) in [5, 5.41) is 20.0. The van der Waals surface area contributed by atoms with Crippen LogP contribution in [0.15, 0.2) is 79.0 Å². The smallest absolute Gasteiger partial charge is 0.238 e. The standard InChI is InChI=1S/C26H18Br2N2O4/c1-32-18-7-3-16(4-8-18)23-20(13-29)26(30-14-15-11-21(27)24(31)22(28)12-15)34-25(23)17-5-9-19(33-2)10-6-17/h3-12,14,31H,1-2H3/b30-14+. The zero-order chi connectivity index (χ0) is 24.2. The number of methoxy groups -OCH3 is 2. The van der Waals surface area contributed by atoms with E-state index in [0.717, 1.165) is 11.1 Å². The van der Waals surface area contributed by atoms with Gasteiger partial charge in [0.25, 0.3) is 0 Å². The normalized spacial score (nSPS) is 10.9. The highest BCUT2D eigenvalue weighted by Crippen LogP contribution is 2.43. The van der Waals surface area contributed by atoms with Crippen molar-refractivity contribution in [3.8, 4) is 45.8 Å². The number of nitriles is 1. The van der Waals surface area contributed by atoms with Gasteiger partial charge in [-0.15, -0.1) is 0 Å². The van der Waals surface area contributed by atoms with Gasteiger partial charge in [0, 0.05) is 17.3 Å². The number of aliphatic imine (C=N–C) groups is 1. The van der Waals surface area contributed by atoms with E-state index >= 15 is 0 Å². The Morgan fingerprint density at radius 3 is 1.94 bits per heavy atom. The topological polar surface area (TPSA) is 88.0 Å². The Kier molecular flexibility index (Phi) is 7.06. The van der Waals surface area contributed by atoms with Crippen LogP contribution in [0.25, 0.3) is 22.5 Å². The fourth-order valence-electron chi connectivity index (χ4n) is 3.39. The van der Waals surface area contributed by atoms with Gasteiger partial charge < -0.3 is 19.0 Å². The molecule has 8 heteroatoms. The van der Waals surface area contributed by atoms with Crippen LogP contribution in [0.1, 0.15) is 11.1 Å². The molecule has 0 aliphatic rings. The van der Waals surface area contributed by atoms with E-state index in [2.05, 4.69) is 42.9 Å². The van der Waals surface area contributed by atoms with Crippen molar-refractivity contribution in [2.75, 3.05) is 14.2 Å². The molecule has 170 valence electrons. The number of furan rings is 1. The van der Waals surface area contributed by atoms with Crippen molar-refractivity contribution in [1.29, 1.82) is 5.26 Å². The van der Waals surface area contributed by atoms with Crippen LogP contribution in [0.3, 0.4) is 0 Å². The van der Waals surface area contributed by atoms with E-state index in [1.807, 2.05) is 48.5 Å². The number of hydrogen-bond acceptors (Lipinski definition) is 6. The van der Waals surface area contributed by atoms with Gasteiger partial charge in [-0.2, -0.15) is 5.26 Å². The monoisotopic (exact) mass is 580 g/mol. The van der Waals surface area contributed by atoms with E-state index in [1.165, 1.54) is 0 Å². The van der Waals surface area contributed by atoms with Crippen LogP contribution in [0.4, 0.5) is 5.88 Å². The molecular formula is C26H18Br2N2O4. The summed E-state index contributed by atoms with van der Waals surface area (Å²) in [5.74, 6) is 2.21. The van der Waals surface area contributed by atoms with Crippen molar-refractivity contribution in [3.63, 3.8) is 0 Å². The van der Waals surface area contributed by atoms with Gasteiger partial charge in [-0.1, -0.05) is 12.1 Å². The summed E-state index contributed by atoms with van der Waals surface area (Å²) in [6.07, 6.45) is 1.57. The molecule has 0 fully saturated rings. The van der Waals surface area contributed by atoms with Gasteiger partial charge in [0.1, 0.15) is 34.6 Å². The van der Waals surface area contributed by atoms with Crippen LogP contribution in [-0.2, 0) is 0 Å². The minimum absolute atomic E-state index is 0.0939. The second kappa shape index (κ2) is 10.2. The number of ether oxygens (including phenoxy) is 2. The molecule has 4 rings (SSSR count). The second-order valence-electron chi connectivity index (χ2n) is 7.15. The molecule has 34 heavy (non-hydrogen) atoms. The van der Waals surface area contributed by atoms with Gasteiger partial charge in [0.05, 0.1) is 23.2 Å². The third kappa shape index (κ3) is 4.72. The highest BCUT2D eigenvalue weighted by molar-refractivity contribution is 9.11. The van der Waals surface area contributed by atoms with Gasteiger partial charge in [-0.25, -0.2) is 4.99 Å². The van der Waals surface area contributed by atoms with E-state index < -0.39 is 0 Å². The van der Waals surface area contributed by atoms with Crippen molar-refractivity contribution >= 4 is 44.0 Å². The third-order valence-corrected chi connectivity index (χ3v) is 6.31.